The van der Waals surface area contributed by atoms with Crippen molar-refractivity contribution in [2.75, 3.05) is 25.0 Å². The first-order valence-electron chi connectivity index (χ1n) is 9.51. The molecule has 1 aliphatic rings. The van der Waals surface area contributed by atoms with Gasteiger partial charge >= 0.3 is 0 Å². The molecule has 158 valence electrons. The fourth-order valence-electron chi connectivity index (χ4n) is 3.51. The summed E-state index contributed by atoms with van der Waals surface area (Å²) in [6.07, 6.45) is 0. The van der Waals surface area contributed by atoms with Gasteiger partial charge in [-0.1, -0.05) is 24.3 Å². The number of hydrogen-bond acceptors (Lipinski definition) is 6. The van der Waals surface area contributed by atoms with Gasteiger partial charge in [0.2, 0.25) is 15.9 Å². The van der Waals surface area contributed by atoms with Gasteiger partial charge < -0.3 is 10.6 Å². The van der Waals surface area contributed by atoms with Crippen LogP contribution in [0.5, 0.6) is 0 Å². The van der Waals surface area contributed by atoms with Crippen LogP contribution in [0.1, 0.15) is 9.67 Å². The zero-order valence-corrected chi connectivity index (χ0v) is 18.6. The van der Waals surface area contributed by atoms with Crippen molar-refractivity contribution in [2.24, 2.45) is 0 Å². The monoisotopic (exact) mass is 471 g/mol. The first-order valence-corrected chi connectivity index (χ1v) is 12.6. The third-order valence-corrected chi connectivity index (χ3v) is 9.26. The van der Waals surface area contributed by atoms with Gasteiger partial charge in [0.05, 0.1) is 21.0 Å². The van der Waals surface area contributed by atoms with E-state index in [0.717, 1.165) is 19.1 Å². The molecule has 2 aromatic heterocycles. The Balaban J connectivity index is 1.39. The second-order valence-electron chi connectivity index (χ2n) is 7.07. The lowest BCUT2D eigenvalue weighted by Gasteiger charge is -2.26. The lowest BCUT2D eigenvalue weighted by molar-refractivity contribution is -0.122. The first-order chi connectivity index (χ1) is 14.9. The molecule has 10 heteroatoms. The number of piperazine rings is 1. The van der Waals surface area contributed by atoms with Gasteiger partial charge in [-0.15, -0.1) is 22.7 Å². The number of benzene rings is 2. The zero-order valence-electron chi connectivity index (χ0n) is 16.1. The molecule has 0 spiro atoms. The Morgan fingerprint density at radius 3 is 2.71 bits per heavy atom. The van der Waals surface area contributed by atoms with Gasteiger partial charge in [-0.2, -0.15) is 4.31 Å². The van der Waals surface area contributed by atoms with E-state index in [1.807, 2.05) is 24.3 Å². The van der Waals surface area contributed by atoms with Crippen LogP contribution in [0.2, 0.25) is 0 Å². The summed E-state index contributed by atoms with van der Waals surface area (Å²) in [6, 6.07) is 16.0. The van der Waals surface area contributed by atoms with Crippen LogP contribution in [0.25, 0.3) is 19.5 Å². The highest BCUT2D eigenvalue weighted by Crippen LogP contribution is 2.39. The number of hydrogen-bond donors (Lipinski definition) is 2. The van der Waals surface area contributed by atoms with E-state index < -0.39 is 10.0 Å². The van der Waals surface area contributed by atoms with Crippen LogP contribution in [-0.2, 0) is 14.8 Å². The van der Waals surface area contributed by atoms with Crippen molar-refractivity contribution in [3.05, 3.63) is 59.5 Å². The number of fused-ring (bicyclic) bond motifs is 3. The second-order valence-corrected chi connectivity index (χ2v) is 11.1. The molecule has 0 saturated carbocycles. The quantitative estimate of drug-likeness (QED) is 0.476. The SMILES string of the molecule is O=C1CN(S(=O)(=O)c2cccc(NC(=O)c3cc4sc5ccccc5c4s3)c2)CCN1. The van der Waals surface area contributed by atoms with Gasteiger partial charge in [-0.3, -0.25) is 9.59 Å². The number of rotatable bonds is 4. The summed E-state index contributed by atoms with van der Waals surface area (Å²) in [6.45, 7) is 0.280. The molecule has 7 nitrogen and oxygen atoms in total. The van der Waals surface area contributed by atoms with Gasteiger partial charge in [0.1, 0.15) is 0 Å². The van der Waals surface area contributed by atoms with Crippen LogP contribution in [0.4, 0.5) is 5.69 Å². The molecule has 0 bridgehead atoms. The fraction of sp³-hybridized carbons (Fsp3) is 0.143. The highest BCUT2D eigenvalue weighted by molar-refractivity contribution is 7.89. The number of carbonyl (C=O) groups is 2. The minimum Gasteiger partial charge on any atom is -0.354 e. The third kappa shape index (κ3) is 3.72. The molecule has 0 atom stereocenters. The van der Waals surface area contributed by atoms with Crippen LogP contribution in [-0.4, -0.2) is 44.2 Å². The molecule has 3 heterocycles. The Kier molecular flexibility index (Phi) is 5.01. The van der Waals surface area contributed by atoms with Crippen LogP contribution >= 0.6 is 22.7 Å². The van der Waals surface area contributed by atoms with Gasteiger partial charge in [-0.05, 0) is 30.3 Å². The predicted molar refractivity (Wildman–Crippen MR) is 123 cm³/mol. The van der Waals surface area contributed by atoms with Gasteiger partial charge in [0.15, 0.2) is 0 Å². The topological polar surface area (TPSA) is 95.6 Å². The molecule has 0 aliphatic carbocycles. The number of amides is 2. The molecule has 0 unspecified atom stereocenters. The molecule has 2 aromatic carbocycles. The van der Waals surface area contributed by atoms with Crippen molar-refractivity contribution >= 4 is 69.7 Å². The van der Waals surface area contributed by atoms with Gasteiger partial charge in [-0.25, -0.2) is 8.42 Å². The maximum atomic E-state index is 12.9. The van der Waals surface area contributed by atoms with Crippen LogP contribution < -0.4 is 10.6 Å². The lowest BCUT2D eigenvalue weighted by atomic mass is 10.2. The van der Waals surface area contributed by atoms with Gasteiger partial charge in [0.25, 0.3) is 5.91 Å². The molecule has 1 fully saturated rings. The first kappa shape index (κ1) is 20.1. The molecule has 1 aliphatic heterocycles. The smallest absolute Gasteiger partial charge is 0.265 e. The fourth-order valence-corrected chi connectivity index (χ4v) is 7.37. The summed E-state index contributed by atoms with van der Waals surface area (Å²) in [5, 5.41) is 6.54. The average molecular weight is 472 g/mol. The average Bonchev–Trinajstić information content (AvgIpc) is 3.32. The summed E-state index contributed by atoms with van der Waals surface area (Å²) in [4.78, 5) is 25.0. The maximum absolute atomic E-state index is 12.9. The molecule has 1 saturated heterocycles. The van der Waals surface area contributed by atoms with E-state index in [2.05, 4.69) is 16.7 Å². The number of anilines is 1. The number of carbonyl (C=O) groups excluding carboxylic acids is 2. The van der Waals surface area contributed by atoms with E-state index in [1.54, 1.807) is 23.5 Å². The highest BCUT2D eigenvalue weighted by atomic mass is 32.2. The Labute approximate surface area is 186 Å². The highest BCUT2D eigenvalue weighted by Gasteiger charge is 2.29. The molecule has 0 radical (unpaired) electrons. The second kappa shape index (κ2) is 7.72. The molecular formula is C21H17N3O4S3. The molecule has 2 N–H and O–H groups in total. The summed E-state index contributed by atoms with van der Waals surface area (Å²) in [5.74, 6) is -0.617. The summed E-state index contributed by atoms with van der Waals surface area (Å²) < 4.78 is 30.2. The summed E-state index contributed by atoms with van der Waals surface area (Å²) in [7, 11) is -3.83. The summed E-state index contributed by atoms with van der Waals surface area (Å²) in [5.41, 5.74) is 0.383. The van der Waals surface area contributed by atoms with E-state index >= 15 is 0 Å². The standard InChI is InChI=1S/C21H17N3O4S3/c25-19-12-24(9-8-22-19)31(27,28)14-5-3-4-13(10-14)23-21(26)18-11-17-20(30-18)15-6-1-2-7-16(15)29-17/h1-7,10-11H,8-9,12H2,(H,22,25)(H,23,26). The van der Waals surface area contributed by atoms with Crippen molar-refractivity contribution in [3.8, 4) is 0 Å². The molecule has 2 amide bonds. The van der Waals surface area contributed by atoms with Crippen LogP contribution in [0.3, 0.4) is 0 Å². The van der Waals surface area contributed by atoms with Crippen molar-refractivity contribution in [2.45, 2.75) is 4.90 Å². The van der Waals surface area contributed by atoms with E-state index in [1.165, 1.54) is 28.2 Å². The van der Waals surface area contributed by atoms with E-state index in [9.17, 15) is 18.0 Å². The Morgan fingerprint density at radius 2 is 1.87 bits per heavy atom. The Hall–Kier alpha value is -2.79. The largest absolute Gasteiger partial charge is 0.354 e. The van der Waals surface area contributed by atoms with Crippen molar-refractivity contribution in [1.82, 2.24) is 9.62 Å². The zero-order chi connectivity index (χ0) is 21.6. The molecular weight excluding hydrogens is 454 g/mol. The van der Waals surface area contributed by atoms with E-state index in [4.69, 9.17) is 0 Å². The van der Waals surface area contributed by atoms with E-state index in [0.29, 0.717) is 10.6 Å². The number of nitrogens with zero attached hydrogens (tertiary/aromatic N) is 1. The summed E-state index contributed by atoms with van der Waals surface area (Å²) >= 11 is 3.06. The third-order valence-electron chi connectivity index (χ3n) is 5.01. The van der Waals surface area contributed by atoms with Crippen molar-refractivity contribution in [3.63, 3.8) is 0 Å². The Morgan fingerprint density at radius 1 is 1.03 bits per heavy atom. The number of sulfonamides is 1. The predicted octanol–water partition coefficient (Wildman–Crippen LogP) is 3.49. The molecule has 5 rings (SSSR count). The van der Waals surface area contributed by atoms with E-state index in [-0.39, 0.29) is 36.3 Å². The maximum Gasteiger partial charge on any atom is 0.265 e. The lowest BCUT2D eigenvalue weighted by Crippen LogP contribution is -2.49. The molecule has 4 aromatic rings. The minimum atomic E-state index is -3.83. The van der Waals surface area contributed by atoms with Gasteiger partial charge in [0, 0.05) is 33.6 Å². The van der Waals surface area contributed by atoms with Crippen molar-refractivity contribution in [1.29, 1.82) is 0 Å². The van der Waals surface area contributed by atoms with Crippen molar-refractivity contribution < 1.29 is 18.0 Å². The van der Waals surface area contributed by atoms with Crippen LogP contribution in [0, 0.1) is 0 Å². The minimum absolute atomic E-state index is 0.0400. The normalized spacial score (nSPS) is 15.3. The van der Waals surface area contributed by atoms with Crippen LogP contribution in [0.15, 0.2) is 59.5 Å². The Bertz CT molecular complexity index is 1440. The molecule has 31 heavy (non-hydrogen) atoms. The number of thiophene rings is 2. The number of nitrogens with one attached hydrogen (secondary N) is 2.